The average Bonchev–Trinajstić information content (AvgIpc) is 2.37. The first-order chi connectivity index (χ1) is 10.9. The van der Waals surface area contributed by atoms with Gasteiger partial charge in [-0.05, 0) is 43.2 Å². The van der Waals surface area contributed by atoms with Gasteiger partial charge in [0, 0.05) is 0 Å². The summed E-state index contributed by atoms with van der Waals surface area (Å²) in [6.07, 6.45) is -1.32. The maximum Gasteiger partial charge on any atom is 0.192 e. The van der Waals surface area contributed by atoms with E-state index in [0.717, 1.165) is 0 Å². The minimum absolute atomic E-state index is 0.109. The first-order valence-electron chi connectivity index (χ1n) is 9.24. The highest BCUT2D eigenvalue weighted by atomic mass is 127. The summed E-state index contributed by atoms with van der Waals surface area (Å²) >= 11 is 2.27. The van der Waals surface area contributed by atoms with Crippen LogP contribution in [-0.4, -0.2) is 50.3 Å². The van der Waals surface area contributed by atoms with Crippen molar-refractivity contribution in [2.45, 2.75) is 113 Å². The number of rotatable bonds is 4. The Kier molecular flexibility index (Phi) is 7.49. The Hall–Kier alpha value is 1.00. The molecule has 0 unspecified atom stereocenters. The number of ether oxygens (including phenoxy) is 1. The van der Waals surface area contributed by atoms with E-state index >= 15 is 0 Å². The molecule has 0 amide bonds. The Morgan fingerprint density at radius 3 is 1.56 bits per heavy atom. The summed E-state index contributed by atoms with van der Waals surface area (Å²) in [5.74, 6) is 0. The summed E-state index contributed by atoms with van der Waals surface area (Å²) in [5.41, 5.74) is 0. The van der Waals surface area contributed by atoms with E-state index in [9.17, 15) is 5.11 Å². The number of hydrogen-bond acceptors (Lipinski definition) is 4. The number of halogens is 1. The van der Waals surface area contributed by atoms with Crippen molar-refractivity contribution >= 4 is 39.2 Å². The van der Waals surface area contributed by atoms with Crippen molar-refractivity contribution in [3.63, 3.8) is 0 Å². The van der Waals surface area contributed by atoms with Crippen LogP contribution >= 0.6 is 22.6 Å². The Labute approximate surface area is 170 Å². The minimum Gasteiger partial charge on any atom is -0.410 e. The zero-order chi connectivity index (χ0) is 20.0. The van der Waals surface area contributed by atoms with Crippen LogP contribution in [0.5, 0.6) is 0 Å². The fourth-order valence-electron chi connectivity index (χ4n) is 2.31. The maximum absolute atomic E-state index is 10.4. The van der Waals surface area contributed by atoms with Gasteiger partial charge in [-0.1, -0.05) is 64.1 Å². The van der Waals surface area contributed by atoms with Crippen molar-refractivity contribution in [1.82, 2.24) is 0 Å². The largest absolute Gasteiger partial charge is 0.410 e. The molecule has 0 spiro atoms. The summed E-state index contributed by atoms with van der Waals surface area (Å²) in [7, 11) is -3.97. The van der Waals surface area contributed by atoms with Crippen molar-refractivity contribution in [3.8, 4) is 0 Å². The SMILES string of the molecule is C[C@@H]1O[C@H](O)[C@@H](I)[C@H](O[Si](C)(C)C(C)(C)C)[C@H]1O[Si](C)(C)C(C)(C)C. The molecular weight excluding hydrogens is 463 g/mol. The minimum atomic E-state index is -1.99. The number of hydrogen-bond donors (Lipinski definition) is 1. The lowest BCUT2D eigenvalue weighted by Crippen LogP contribution is -2.63. The molecule has 0 bridgehead atoms. The normalized spacial score (nSPS) is 32.8. The first kappa shape index (κ1) is 24.0. The highest BCUT2D eigenvalue weighted by Crippen LogP contribution is 2.43. The molecule has 0 aromatic heterocycles. The molecule has 1 rings (SSSR count). The van der Waals surface area contributed by atoms with Crippen LogP contribution in [-0.2, 0) is 13.6 Å². The lowest BCUT2D eigenvalue weighted by atomic mass is 10.0. The van der Waals surface area contributed by atoms with Gasteiger partial charge in [0.25, 0.3) is 0 Å². The zero-order valence-electron chi connectivity index (χ0n) is 17.9. The van der Waals surface area contributed by atoms with Crippen LogP contribution in [0.15, 0.2) is 0 Å². The molecule has 1 saturated heterocycles. The van der Waals surface area contributed by atoms with Gasteiger partial charge < -0.3 is 18.7 Å². The van der Waals surface area contributed by atoms with E-state index in [1.54, 1.807) is 0 Å². The Morgan fingerprint density at radius 1 is 0.840 bits per heavy atom. The third-order valence-electron chi connectivity index (χ3n) is 6.20. The van der Waals surface area contributed by atoms with E-state index in [1.165, 1.54) is 0 Å². The molecule has 1 fully saturated rings. The van der Waals surface area contributed by atoms with Crippen molar-refractivity contribution in [2.24, 2.45) is 0 Å². The van der Waals surface area contributed by atoms with E-state index < -0.39 is 22.9 Å². The molecule has 0 aliphatic carbocycles. The fraction of sp³-hybridized carbons (Fsp3) is 1.00. The van der Waals surface area contributed by atoms with Gasteiger partial charge in [0.1, 0.15) is 0 Å². The number of aliphatic hydroxyl groups is 1. The van der Waals surface area contributed by atoms with Crippen LogP contribution in [0.2, 0.25) is 36.3 Å². The molecule has 150 valence electrons. The summed E-state index contributed by atoms with van der Waals surface area (Å²) in [6, 6.07) is 0. The first-order valence-corrected chi connectivity index (χ1v) is 16.3. The summed E-state index contributed by atoms with van der Waals surface area (Å²) in [5, 5.41) is 10.6. The third-order valence-corrected chi connectivity index (χ3v) is 16.5. The molecular formula is C18H39IO4Si2. The molecule has 1 heterocycles. The topological polar surface area (TPSA) is 47.9 Å². The van der Waals surface area contributed by atoms with Gasteiger partial charge in [-0.25, -0.2) is 0 Å². The van der Waals surface area contributed by atoms with Crippen molar-refractivity contribution in [3.05, 3.63) is 0 Å². The van der Waals surface area contributed by atoms with Crippen LogP contribution in [0.4, 0.5) is 0 Å². The fourth-order valence-corrected chi connectivity index (χ4v) is 5.99. The second-order valence-corrected chi connectivity index (χ2v) is 21.3. The molecule has 1 aliphatic heterocycles. The van der Waals surface area contributed by atoms with E-state index in [0.29, 0.717) is 0 Å². The van der Waals surface area contributed by atoms with Crippen LogP contribution in [0.1, 0.15) is 48.5 Å². The monoisotopic (exact) mass is 502 g/mol. The Balaban J connectivity index is 3.17. The molecule has 0 radical (unpaired) electrons. The summed E-state index contributed by atoms with van der Waals surface area (Å²) < 4.78 is 19.1. The molecule has 0 saturated carbocycles. The zero-order valence-corrected chi connectivity index (χ0v) is 22.1. The highest BCUT2D eigenvalue weighted by Gasteiger charge is 2.51. The van der Waals surface area contributed by atoms with Gasteiger partial charge in [-0.3, -0.25) is 0 Å². The van der Waals surface area contributed by atoms with Crippen LogP contribution < -0.4 is 0 Å². The second kappa shape index (κ2) is 7.79. The molecule has 7 heteroatoms. The second-order valence-electron chi connectivity index (χ2n) is 10.4. The lowest BCUT2D eigenvalue weighted by Gasteiger charge is -2.50. The predicted molar refractivity (Wildman–Crippen MR) is 119 cm³/mol. The quantitative estimate of drug-likeness (QED) is 0.322. The Bertz CT molecular complexity index is 457. The summed E-state index contributed by atoms with van der Waals surface area (Å²) in [6.45, 7) is 24.5. The lowest BCUT2D eigenvalue weighted by molar-refractivity contribution is -0.212. The van der Waals surface area contributed by atoms with Gasteiger partial charge in [0.15, 0.2) is 22.9 Å². The third kappa shape index (κ3) is 5.51. The standard InChI is InChI=1S/C18H39IO4Si2/c1-12-14(22-24(8,9)17(2,3)4)15(13(19)16(20)21-12)23-25(10,11)18(5,6)7/h12-16,20H,1-11H3/t12-,13-,14-,15-,16-/m0/s1. The molecule has 1 aliphatic rings. The van der Waals surface area contributed by atoms with Crippen molar-refractivity contribution < 1.29 is 18.7 Å². The van der Waals surface area contributed by atoms with Crippen molar-refractivity contribution in [2.75, 3.05) is 0 Å². The van der Waals surface area contributed by atoms with Gasteiger partial charge >= 0.3 is 0 Å². The Morgan fingerprint density at radius 2 is 1.20 bits per heavy atom. The maximum atomic E-state index is 10.4. The highest BCUT2D eigenvalue weighted by molar-refractivity contribution is 14.1. The molecule has 5 atom stereocenters. The molecule has 0 aromatic rings. The molecule has 0 aromatic carbocycles. The van der Waals surface area contributed by atoms with E-state index in [2.05, 4.69) is 90.3 Å². The van der Waals surface area contributed by atoms with E-state index in [1.807, 2.05) is 6.92 Å². The van der Waals surface area contributed by atoms with E-state index in [-0.39, 0.29) is 32.3 Å². The number of alkyl halides is 1. The smallest absolute Gasteiger partial charge is 0.192 e. The number of aliphatic hydroxyl groups excluding tert-OH is 1. The van der Waals surface area contributed by atoms with Gasteiger partial charge in [0.2, 0.25) is 0 Å². The van der Waals surface area contributed by atoms with Crippen LogP contribution in [0.25, 0.3) is 0 Å². The molecule has 4 nitrogen and oxygen atoms in total. The van der Waals surface area contributed by atoms with Crippen LogP contribution in [0.3, 0.4) is 0 Å². The molecule has 25 heavy (non-hydrogen) atoms. The van der Waals surface area contributed by atoms with Gasteiger partial charge in [-0.2, -0.15) is 0 Å². The van der Waals surface area contributed by atoms with E-state index in [4.69, 9.17) is 13.6 Å². The summed E-state index contributed by atoms with van der Waals surface area (Å²) in [4.78, 5) is 0. The molecule has 1 N–H and O–H groups in total. The van der Waals surface area contributed by atoms with Crippen LogP contribution in [0, 0.1) is 0 Å². The van der Waals surface area contributed by atoms with Crippen molar-refractivity contribution in [1.29, 1.82) is 0 Å². The van der Waals surface area contributed by atoms with Gasteiger partial charge in [0.05, 0.1) is 22.2 Å². The van der Waals surface area contributed by atoms with Gasteiger partial charge in [-0.15, -0.1) is 0 Å². The predicted octanol–water partition coefficient (Wildman–Crippen LogP) is 5.31. The average molecular weight is 503 g/mol.